The molecule has 1 amide bonds. The number of nitrogens with one attached hydrogen (secondary N) is 3. The number of amides is 1. The van der Waals surface area contributed by atoms with Crippen LogP contribution in [0.4, 0.5) is 5.69 Å². The molecular weight excluding hydrogens is 340 g/mol. The fourth-order valence-corrected chi connectivity index (χ4v) is 2.91. The normalized spacial score (nSPS) is 20.8. The Morgan fingerprint density at radius 3 is 2.59 bits per heavy atom. The molecule has 0 bridgehead atoms. The maximum Gasteiger partial charge on any atom is 0.251 e. The molecule has 0 saturated heterocycles. The number of benzene rings is 1. The summed E-state index contributed by atoms with van der Waals surface area (Å²) in [7, 11) is 3.35. The summed E-state index contributed by atoms with van der Waals surface area (Å²) in [5.74, 6) is 1.16. The fraction of sp³-hybridized carbons (Fsp3) is 0.400. The van der Waals surface area contributed by atoms with E-state index in [2.05, 4.69) is 27.5 Å². The summed E-state index contributed by atoms with van der Waals surface area (Å²) in [5, 5.41) is 9.44. The van der Waals surface area contributed by atoms with E-state index in [1.165, 1.54) is 0 Å². The van der Waals surface area contributed by atoms with Crippen LogP contribution >= 0.6 is 0 Å². The highest BCUT2D eigenvalue weighted by Gasteiger charge is 2.30. The number of carbonyl (C=O) groups excluding carboxylic acids is 1. The van der Waals surface area contributed by atoms with Crippen LogP contribution in [-0.4, -0.2) is 49.6 Å². The molecule has 3 N–H and O–H groups in total. The molecule has 0 unspecified atom stereocenters. The van der Waals surface area contributed by atoms with Crippen molar-refractivity contribution in [1.29, 1.82) is 0 Å². The smallest absolute Gasteiger partial charge is 0.251 e. The molecule has 0 atom stereocenters. The highest BCUT2D eigenvalue weighted by Crippen LogP contribution is 2.33. The average Bonchev–Trinajstić information content (AvgIpc) is 3.59. The minimum absolute atomic E-state index is 0.135. The molecule has 4 rings (SSSR count). The number of hydrogen-bond donors (Lipinski definition) is 3. The Labute approximate surface area is 158 Å². The Hall–Kier alpha value is -2.96. The zero-order valence-electron chi connectivity index (χ0n) is 15.7. The molecule has 0 radical (unpaired) electrons. The van der Waals surface area contributed by atoms with Crippen molar-refractivity contribution in [1.82, 2.24) is 16.0 Å². The third kappa shape index (κ3) is 3.77. The molecule has 140 valence electrons. The van der Waals surface area contributed by atoms with Gasteiger partial charge >= 0.3 is 0 Å². The van der Waals surface area contributed by atoms with Crippen molar-refractivity contribution >= 4 is 34.7 Å². The van der Waals surface area contributed by atoms with E-state index in [0.717, 1.165) is 42.5 Å². The quantitative estimate of drug-likeness (QED) is 0.566. The Morgan fingerprint density at radius 2 is 1.96 bits per heavy atom. The van der Waals surface area contributed by atoms with Crippen LogP contribution < -0.4 is 16.0 Å². The van der Waals surface area contributed by atoms with Gasteiger partial charge in [-0.25, -0.2) is 9.98 Å². The van der Waals surface area contributed by atoms with E-state index in [1.807, 2.05) is 6.07 Å². The van der Waals surface area contributed by atoms with Crippen LogP contribution in [0.5, 0.6) is 0 Å². The van der Waals surface area contributed by atoms with Gasteiger partial charge < -0.3 is 16.0 Å². The largest absolute Gasteiger partial charge is 0.366 e. The maximum atomic E-state index is 12.0. The van der Waals surface area contributed by atoms with Crippen LogP contribution in [0.3, 0.4) is 0 Å². The van der Waals surface area contributed by atoms with Gasteiger partial charge in [0.15, 0.2) is 5.84 Å². The Bertz CT molecular complexity index is 890. The summed E-state index contributed by atoms with van der Waals surface area (Å²) in [5.41, 5.74) is 3.67. The molecule has 1 aliphatic heterocycles. The standard InChI is InChI=1S/C20H24N6O/c1-11-15-9-4-12(19(27)21-2)10-16(15)25-18(23-13-5-6-13)17(11)26-20(22-3)24-14-7-8-14/h4,9-10,13-14H,1,5-8H2,2-3H3,(H,21,27)(H,22,24)(H,23,25)/b26-17+. The van der Waals surface area contributed by atoms with E-state index in [9.17, 15) is 4.79 Å². The molecule has 27 heavy (non-hydrogen) atoms. The summed E-state index contributed by atoms with van der Waals surface area (Å²) in [6.45, 7) is 4.26. The van der Waals surface area contributed by atoms with E-state index in [0.29, 0.717) is 35.2 Å². The lowest BCUT2D eigenvalue weighted by molar-refractivity contribution is 0.0963. The van der Waals surface area contributed by atoms with E-state index < -0.39 is 0 Å². The van der Waals surface area contributed by atoms with Crippen LogP contribution in [0, 0.1) is 0 Å². The Balaban J connectivity index is 1.72. The van der Waals surface area contributed by atoms with Crippen molar-refractivity contribution in [2.75, 3.05) is 14.1 Å². The van der Waals surface area contributed by atoms with Gasteiger partial charge in [0.05, 0.1) is 5.69 Å². The van der Waals surface area contributed by atoms with Crippen molar-refractivity contribution in [3.63, 3.8) is 0 Å². The molecule has 7 heteroatoms. The molecule has 2 saturated carbocycles. The van der Waals surface area contributed by atoms with Gasteiger partial charge in [0.1, 0.15) is 5.71 Å². The van der Waals surface area contributed by atoms with Crippen LogP contribution in [0.15, 0.2) is 39.8 Å². The number of carbonyl (C=O) groups is 1. The van der Waals surface area contributed by atoms with Gasteiger partial charge in [0, 0.05) is 42.9 Å². The molecule has 2 fully saturated rings. The van der Waals surface area contributed by atoms with Crippen molar-refractivity contribution in [3.8, 4) is 0 Å². The third-order valence-electron chi connectivity index (χ3n) is 4.81. The second kappa shape index (κ2) is 6.98. The van der Waals surface area contributed by atoms with Crippen molar-refractivity contribution in [2.24, 2.45) is 15.0 Å². The van der Waals surface area contributed by atoms with Crippen LogP contribution in [-0.2, 0) is 0 Å². The van der Waals surface area contributed by atoms with Crippen molar-refractivity contribution in [3.05, 3.63) is 35.9 Å². The van der Waals surface area contributed by atoms with E-state index in [-0.39, 0.29) is 5.91 Å². The minimum atomic E-state index is -0.135. The number of guanidine groups is 1. The zero-order valence-corrected chi connectivity index (χ0v) is 15.7. The highest BCUT2D eigenvalue weighted by atomic mass is 16.1. The summed E-state index contributed by atoms with van der Waals surface area (Å²) >= 11 is 0. The van der Waals surface area contributed by atoms with Gasteiger partial charge in [0.25, 0.3) is 5.91 Å². The summed E-state index contributed by atoms with van der Waals surface area (Å²) < 4.78 is 0. The first kappa shape index (κ1) is 17.5. The van der Waals surface area contributed by atoms with Crippen molar-refractivity contribution < 1.29 is 4.79 Å². The highest BCUT2D eigenvalue weighted by molar-refractivity contribution is 6.60. The number of aliphatic imine (C=N–C) groups is 3. The SMILES string of the molecule is C=C1/C(=N\C(=N/C)NC2CC2)C(NC2CC2)=Nc2cc(C(=O)NC)ccc21. The Kier molecular flexibility index (Phi) is 4.51. The predicted octanol–water partition coefficient (Wildman–Crippen LogP) is 2.03. The summed E-state index contributed by atoms with van der Waals surface area (Å²) in [6, 6.07) is 6.34. The lowest BCUT2D eigenvalue weighted by Crippen LogP contribution is -2.37. The number of rotatable bonds is 3. The van der Waals surface area contributed by atoms with E-state index >= 15 is 0 Å². The molecule has 0 spiro atoms. The third-order valence-corrected chi connectivity index (χ3v) is 4.81. The number of nitrogens with zero attached hydrogens (tertiary/aromatic N) is 3. The molecule has 1 heterocycles. The van der Waals surface area contributed by atoms with E-state index in [1.54, 1.807) is 26.2 Å². The van der Waals surface area contributed by atoms with Crippen LogP contribution in [0.25, 0.3) is 5.57 Å². The molecule has 1 aromatic carbocycles. The molecular formula is C20H24N6O. The predicted molar refractivity (Wildman–Crippen MR) is 109 cm³/mol. The summed E-state index contributed by atoms with van der Waals surface area (Å²) in [4.78, 5) is 25.7. The monoisotopic (exact) mass is 364 g/mol. The number of amidine groups is 1. The van der Waals surface area contributed by atoms with Gasteiger partial charge in [0.2, 0.25) is 5.96 Å². The maximum absolute atomic E-state index is 12.0. The molecule has 3 aliphatic rings. The van der Waals surface area contributed by atoms with Gasteiger partial charge in [-0.05, 0) is 37.8 Å². The topological polar surface area (TPSA) is 90.2 Å². The van der Waals surface area contributed by atoms with Crippen LogP contribution in [0.2, 0.25) is 0 Å². The Morgan fingerprint density at radius 1 is 1.22 bits per heavy atom. The lowest BCUT2D eigenvalue weighted by Gasteiger charge is -2.22. The van der Waals surface area contributed by atoms with Gasteiger partial charge in [-0.3, -0.25) is 9.79 Å². The first-order valence-electron chi connectivity index (χ1n) is 9.32. The summed E-state index contributed by atoms with van der Waals surface area (Å²) in [6.07, 6.45) is 4.55. The number of fused-ring (bicyclic) bond motifs is 1. The molecule has 1 aromatic rings. The second-order valence-electron chi connectivity index (χ2n) is 7.09. The molecule has 7 nitrogen and oxygen atoms in total. The van der Waals surface area contributed by atoms with Gasteiger partial charge in [-0.2, -0.15) is 0 Å². The first-order valence-corrected chi connectivity index (χ1v) is 9.32. The first-order chi connectivity index (χ1) is 13.1. The van der Waals surface area contributed by atoms with E-state index in [4.69, 9.17) is 9.98 Å². The lowest BCUT2D eigenvalue weighted by atomic mass is 9.95. The fourth-order valence-electron chi connectivity index (χ4n) is 2.91. The molecule has 0 aromatic heterocycles. The zero-order chi connectivity index (χ0) is 19.0. The van der Waals surface area contributed by atoms with Crippen molar-refractivity contribution in [2.45, 2.75) is 37.8 Å². The van der Waals surface area contributed by atoms with Gasteiger partial charge in [-0.15, -0.1) is 0 Å². The molecule has 2 aliphatic carbocycles. The van der Waals surface area contributed by atoms with Gasteiger partial charge in [-0.1, -0.05) is 12.6 Å². The second-order valence-corrected chi connectivity index (χ2v) is 7.09. The number of hydrogen-bond acceptors (Lipinski definition) is 4. The van der Waals surface area contributed by atoms with Crippen LogP contribution in [0.1, 0.15) is 41.6 Å². The average molecular weight is 364 g/mol. The minimum Gasteiger partial charge on any atom is -0.366 e.